The van der Waals surface area contributed by atoms with Gasteiger partial charge < -0.3 is 19.3 Å². The Labute approximate surface area is 172 Å². The maximum Gasteiger partial charge on any atom is 0.267 e. The number of carbonyl (C=O) groups is 1. The number of piperazine rings is 1. The molecule has 160 valence electrons. The summed E-state index contributed by atoms with van der Waals surface area (Å²) in [6.45, 7) is 7.06. The van der Waals surface area contributed by atoms with E-state index in [-0.39, 0.29) is 17.4 Å². The van der Waals surface area contributed by atoms with Crippen LogP contribution in [-0.2, 0) is 14.8 Å². The largest absolute Gasteiger partial charge is 0.485 e. The number of likely N-dealkylation sites (N-methyl/N-ethyl adjacent to an activating group) is 1. The van der Waals surface area contributed by atoms with Gasteiger partial charge in [-0.25, -0.2) is 8.42 Å². The molecule has 2 saturated heterocycles. The Balaban J connectivity index is 1.45. The van der Waals surface area contributed by atoms with Crippen molar-refractivity contribution in [2.45, 2.75) is 37.2 Å². The van der Waals surface area contributed by atoms with E-state index in [0.717, 1.165) is 52.0 Å². The van der Waals surface area contributed by atoms with Crippen molar-refractivity contribution < 1.29 is 22.7 Å². The topological polar surface area (TPSA) is 79.4 Å². The van der Waals surface area contributed by atoms with Crippen molar-refractivity contribution in [2.75, 3.05) is 52.4 Å². The Kier molecular flexibility index (Phi) is 5.98. The molecule has 0 radical (unpaired) electrons. The minimum absolute atomic E-state index is 0.0548. The monoisotopic (exact) mass is 423 g/mol. The Morgan fingerprint density at radius 3 is 2.45 bits per heavy atom. The highest BCUT2D eigenvalue weighted by Crippen LogP contribution is 2.35. The lowest BCUT2D eigenvalue weighted by molar-refractivity contribution is -0.142. The summed E-state index contributed by atoms with van der Waals surface area (Å²) in [7, 11) is -3.58. The Bertz CT molecular complexity index is 846. The first kappa shape index (κ1) is 20.4. The number of piperidine rings is 1. The third-order valence-electron chi connectivity index (χ3n) is 5.93. The van der Waals surface area contributed by atoms with Crippen molar-refractivity contribution in [3.05, 3.63) is 18.2 Å². The molecular formula is C20H29N3O5S. The first-order valence-electron chi connectivity index (χ1n) is 10.4. The zero-order valence-electron chi connectivity index (χ0n) is 16.9. The van der Waals surface area contributed by atoms with Crippen LogP contribution in [0.2, 0.25) is 0 Å². The van der Waals surface area contributed by atoms with E-state index in [1.165, 1.54) is 16.4 Å². The minimum Gasteiger partial charge on any atom is -0.485 e. The van der Waals surface area contributed by atoms with Gasteiger partial charge in [0.15, 0.2) is 11.5 Å². The molecule has 9 heteroatoms. The molecule has 1 aromatic carbocycles. The molecule has 3 aliphatic rings. The molecular weight excluding hydrogens is 394 g/mol. The van der Waals surface area contributed by atoms with Crippen LogP contribution in [0.4, 0.5) is 0 Å². The van der Waals surface area contributed by atoms with Crippen LogP contribution in [0.1, 0.15) is 26.2 Å². The summed E-state index contributed by atoms with van der Waals surface area (Å²) >= 11 is 0. The molecule has 1 atom stereocenters. The maximum absolute atomic E-state index is 13.0. The number of rotatable bonds is 4. The molecule has 3 aliphatic heterocycles. The zero-order chi connectivity index (χ0) is 20.4. The van der Waals surface area contributed by atoms with Gasteiger partial charge in [-0.2, -0.15) is 4.31 Å². The van der Waals surface area contributed by atoms with Crippen LogP contribution in [0.15, 0.2) is 23.1 Å². The van der Waals surface area contributed by atoms with Crippen molar-refractivity contribution in [1.29, 1.82) is 0 Å². The highest BCUT2D eigenvalue weighted by molar-refractivity contribution is 7.89. The quantitative estimate of drug-likeness (QED) is 0.723. The van der Waals surface area contributed by atoms with Crippen molar-refractivity contribution in [3.8, 4) is 11.5 Å². The number of fused-ring (bicyclic) bond motifs is 1. The van der Waals surface area contributed by atoms with Crippen LogP contribution >= 0.6 is 0 Å². The molecule has 0 spiro atoms. The third-order valence-corrected chi connectivity index (χ3v) is 7.83. The number of amides is 1. The van der Waals surface area contributed by atoms with Gasteiger partial charge in [0.25, 0.3) is 5.91 Å². The molecule has 1 amide bonds. The summed E-state index contributed by atoms with van der Waals surface area (Å²) in [6.07, 6.45) is 2.51. The summed E-state index contributed by atoms with van der Waals surface area (Å²) in [5.41, 5.74) is 0. The molecule has 0 aromatic heterocycles. The number of nitrogens with zero attached hydrogens (tertiary/aromatic N) is 3. The average molecular weight is 424 g/mol. The van der Waals surface area contributed by atoms with E-state index < -0.39 is 16.1 Å². The van der Waals surface area contributed by atoms with Crippen molar-refractivity contribution in [3.63, 3.8) is 0 Å². The number of hydrogen-bond donors (Lipinski definition) is 0. The van der Waals surface area contributed by atoms with Gasteiger partial charge >= 0.3 is 0 Å². The number of benzene rings is 1. The van der Waals surface area contributed by atoms with Crippen LogP contribution < -0.4 is 9.47 Å². The summed E-state index contributed by atoms with van der Waals surface area (Å²) in [6, 6.07) is 4.65. The first-order chi connectivity index (χ1) is 14.0. The lowest BCUT2D eigenvalue weighted by atomic mass is 10.1. The lowest BCUT2D eigenvalue weighted by Crippen LogP contribution is -2.48. The Morgan fingerprint density at radius 2 is 1.76 bits per heavy atom. The second kappa shape index (κ2) is 8.49. The van der Waals surface area contributed by atoms with E-state index in [9.17, 15) is 13.2 Å². The molecule has 1 aromatic rings. The van der Waals surface area contributed by atoms with Crippen LogP contribution in [0.5, 0.6) is 11.5 Å². The molecule has 0 unspecified atom stereocenters. The molecule has 4 rings (SSSR count). The normalized spacial score (nSPS) is 23.8. The maximum atomic E-state index is 13.0. The predicted molar refractivity (Wildman–Crippen MR) is 108 cm³/mol. The van der Waals surface area contributed by atoms with Gasteiger partial charge in [0.1, 0.15) is 6.61 Å². The van der Waals surface area contributed by atoms with E-state index in [1.807, 2.05) is 4.90 Å². The second-order valence-corrected chi connectivity index (χ2v) is 9.69. The van der Waals surface area contributed by atoms with Crippen LogP contribution in [0.3, 0.4) is 0 Å². The van der Waals surface area contributed by atoms with E-state index in [4.69, 9.17) is 9.47 Å². The molecule has 2 fully saturated rings. The molecule has 0 bridgehead atoms. The summed E-state index contributed by atoms with van der Waals surface area (Å²) in [5, 5.41) is 0. The van der Waals surface area contributed by atoms with E-state index in [0.29, 0.717) is 24.6 Å². The van der Waals surface area contributed by atoms with Crippen molar-refractivity contribution in [1.82, 2.24) is 14.1 Å². The number of carbonyl (C=O) groups excluding carboxylic acids is 1. The number of hydrogen-bond acceptors (Lipinski definition) is 6. The van der Waals surface area contributed by atoms with Gasteiger partial charge in [-0.1, -0.05) is 6.92 Å². The van der Waals surface area contributed by atoms with E-state index in [1.54, 1.807) is 6.07 Å². The van der Waals surface area contributed by atoms with Gasteiger partial charge in [-0.05, 0) is 37.9 Å². The summed E-state index contributed by atoms with van der Waals surface area (Å²) in [4.78, 5) is 16.9. The highest BCUT2D eigenvalue weighted by Gasteiger charge is 2.34. The minimum atomic E-state index is -3.58. The third kappa shape index (κ3) is 4.22. The molecule has 0 saturated carbocycles. The molecule has 8 nitrogen and oxygen atoms in total. The van der Waals surface area contributed by atoms with E-state index in [2.05, 4.69) is 11.8 Å². The van der Waals surface area contributed by atoms with Crippen LogP contribution in [0.25, 0.3) is 0 Å². The fourth-order valence-corrected chi connectivity index (χ4v) is 5.52. The molecule has 29 heavy (non-hydrogen) atoms. The van der Waals surface area contributed by atoms with Gasteiger partial charge in [0, 0.05) is 45.3 Å². The summed E-state index contributed by atoms with van der Waals surface area (Å²) < 4.78 is 39.1. The fraction of sp³-hybridized carbons (Fsp3) is 0.650. The fourth-order valence-electron chi connectivity index (χ4n) is 4.09. The average Bonchev–Trinajstić information content (AvgIpc) is 2.78. The van der Waals surface area contributed by atoms with Crippen molar-refractivity contribution in [2.24, 2.45) is 0 Å². The molecule has 0 aliphatic carbocycles. The molecule has 3 heterocycles. The standard InChI is InChI=1S/C20H29N3O5S/c1-2-21-10-12-23(13-11-21)29(25,26)16-6-7-17-18(14-16)27-15-19(28-17)20(24)22-8-4-3-5-9-22/h6-7,14,19H,2-5,8-13,15H2,1H3/t19-/m0/s1. The highest BCUT2D eigenvalue weighted by atomic mass is 32.2. The molecule has 0 N–H and O–H groups in total. The number of sulfonamides is 1. The van der Waals surface area contributed by atoms with Gasteiger partial charge in [0.05, 0.1) is 4.90 Å². The number of likely N-dealkylation sites (tertiary alicyclic amines) is 1. The van der Waals surface area contributed by atoms with Gasteiger partial charge in [-0.3, -0.25) is 4.79 Å². The smallest absolute Gasteiger partial charge is 0.267 e. The lowest BCUT2D eigenvalue weighted by Gasteiger charge is -2.34. The van der Waals surface area contributed by atoms with Gasteiger partial charge in [-0.15, -0.1) is 0 Å². The van der Waals surface area contributed by atoms with Crippen LogP contribution in [-0.4, -0.2) is 87.0 Å². The Hall–Kier alpha value is -1.84. The van der Waals surface area contributed by atoms with E-state index >= 15 is 0 Å². The number of ether oxygens (including phenoxy) is 2. The van der Waals surface area contributed by atoms with Crippen molar-refractivity contribution >= 4 is 15.9 Å². The second-order valence-electron chi connectivity index (χ2n) is 7.75. The zero-order valence-corrected chi connectivity index (χ0v) is 17.7. The van der Waals surface area contributed by atoms with Gasteiger partial charge in [0.2, 0.25) is 16.1 Å². The Morgan fingerprint density at radius 1 is 1.03 bits per heavy atom. The SMILES string of the molecule is CCN1CCN(S(=O)(=O)c2ccc3c(c2)OC[C@@H](C(=O)N2CCCCC2)O3)CC1. The van der Waals surface area contributed by atoms with Crippen LogP contribution in [0, 0.1) is 0 Å². The first-order valence-corrected chi connectivity index (χ1v) is 11.9. The predicted octanol–water partition coefficient (Wildman–Crippen LogP) is 1.17. The summed E-state index contributed by atoms with van der Waals surface area (Å²) in [5.74, 6) is 0.739.